The van der Waals surface area contributed by atoms with Crippen molar-refractivity contribution >= 4 is 17.4 Å². The average Bonchev–Trinajstić information content (AvgIpc) is 3.24. The van der Waals surface area contributed by atoms with Gasteiger partial charge in [0.2, 0.25) is 0 Å². The highest BCUT2D eigenvalue weighted by molar-refractivity contribution is 6.46. The van der Waals surface area contributed by atoms with E-state index in [9.17, 15) is 14.7 Å². The van der Waals surface area contributed by atoms with Gasteiger partial charge in [0.15, 0.2) is 0 Å². The third-order valence-electron chi connectivity index (χ3n) is 4.68. The standard InChI is InChI=1S/C21H24N2O4/c1-14-7-9-15(10-8-14)19(24)17-18(16-6-4-13-27-16)23(21(26)20(17)25)12-5-11-22(2)3/h4,6-10,13,18,24H,5,11-12H2,1-3H3/t18-/m1/s1. The van der Waals surface area contributed by atoms with Crippen LogP contribution in [0.2, 0.25) is 0 Å². The lowest BCUT2D eigenvalue weighted by Gasteiger charge is -2.24. The second-order valence-corrected chi connectivity index (χ2v) is 7.03. The summed E-state index contributed by atoms with van der Waals surface area (Å²) >= 11 is 0. The van der Waals surface area contributed by atoms with Gasteiger partial charge in [0, 0.05) is 12.1 Å². The SMILES string of the molecule is Cc1ccc(C(O)=C2C(=O)C(=O)N(CCCN(C)C)[C@@H]2c2ccco2)cc1. The lowest BCUT2D eigenvalue weighted by molar-refractivity contribution is -0.140. The minimum absolute atomic E-state index is 0.0728. The van der Waals surface area contributed by atoms with Crippen LogP contribution in [0.25, 0.3) is 5.76 Å². The summed E-state index contributed by atoms with van der Waals surface area (Å²) in [6.45, 7) is 3.13. The van der Waals surface area contributed by atoms with Gasteiger partial charge in [-0.05, 0) is 46.1 Å². The summed E-state index contributed by atoms with van der Waals surface area (Å²) in [5.74, 6) is -0.999. The number of Topliss-reactive ketones (excluding diaryl/α,β-unsaturated/α-hetero) is 1. The topological polar surface area (TPSA) is 74.0 Å². The molecule has 2 aromatic rings. The van der Waals surface area contributed by atoms with Gasteiger partial charge in [0.05, 0.1) is 11.8 Å². The smallest absolute Gasteiger partial charge is 0.295 e. The van der Waals surface area contributed by atoms with E-state index < -0.39 is 17.7 Å². The van der Waals surface area contributed by atoms with Gasteiger partial charge in [-0.2, -0.15) is 0 Å². The average molecular weight is 368 g/mol. The van der Waals surface area contributed by atoms with Gasteiger partial charge >= 0.3 is 0 Å². The van der Waals surface area contributed by atoms with E-state index >= 15 is 0 Å². The maximum Gasteiger partial charge on any atom is 0.295 e. The minimum atomic E-state index is -0.719. The summed E-state index contributed by atoms with van der Waals surface area (Å²) < 4.78 is 5.51. The number of aryl methyl sites for hydroxylation is 1. The zero-order valence-electron chi connectivity index (χ0n) is 15.8. The van der Waals surface area contributed by atoms with Crippen molar-refractivity contribution in [1.29, 1.82) is 0 Å². The molecule has 0 aliphatic carbocycles. The zero-order valence-corrected chi connectivity index (χ0v) is 15.8. The molecular weight excluding hydrogens is 344 g/mol. The van der Waals surface area contributed by atoms with Crippen LogP contribution in [0.15, 0.2) is 52.7 Å². The van der Waals surface area contributed by atoms with Gasteiger partial charge in [0.1, 0.15) is 17.6 Å². The number of furan rings is 1. The number of amides is 1. The molecule has 1 fully saturated rings. The van der Waals surface area contributed by atoms with Crippen molar-refractivity contribution in [2.45, 2.75) is 19.4 Å². The van der Waals surface area contributed by atoms with Crippen molar-refractivity contribution in [2.75, 3.05) is 27.2 Å². The molecule has 3 rings (SSSR count). The Morgan fingerprint density at radius 2 is 1.89 bits per heavy atom. The monoisotopic (exact) mass is 368 g/mol. The molecule has 1 amide bonds. The van der Waals surface area contributed by atoms with Crippen molar-refractivity contribution in [1.82, 2.24) is 9.80 Å². The third-order valence-corrected chi connectivity index (χ3v) is 4.68. The van der Waals surface area contributed by atoms with E-state index in [1.165, 1.54) is 11.2 Å². The molecule has 0 bridgehead atoms. The first kappa shape index (κ1) is 18.9. The highest BCUT2D eigenvalue weighted by atomic mass is 16.3. The number of carbonyl (C=O) groups is 2. The number of carbonyl (C=O) groups excluding carboxylic acids is 2. The quantitative estimate of drug-likeness (QED) is 0.482. The Balaban J connectivity index is 2.03. The first-order valence-electron chi connectivity index (χ1n) is 8.93. The molecule has 1 N–H and O–H groups in total. The number of hydrogen-bond donors (Lipinski definition) is 1. The van der Waals surface area contributed by atoms with E-state index in [1.807, 2.05) is 38.1 Å². The molecular formula is C21H24N2O4. The van der Waals surface area contributed by atoms with Crippen molar-refractivity contribution < 1.29 is 19.1 Å². The number of nitrogens with zero attached hydrogens (tertiary/aromatic N) is 2. The van der Waals surface area contributed by atoms with Crippen LogP contribution in [0, 0.1) is 6.92 Å². The van der Waals surface area contributed by atoms with Crippen LogP contribution in [-0.4, -0.2) is 53.8 Å². The van der Waals surface area contributed by atoms with E-state index in [4.69, 9.17) is 4.42 Å². The largest absolute Gasteiger partial charge is 0.507 e. The van der Waals surface area contributed by atoms with Crippen molar-refractivity contribution in [2.24, 2.45) is 0 Å². The Bertz CT molecular complexity index is 851. The molecule has 1 aromatic carbocycles. The van der Waals surface area contributed by atoms with Crippen LogP contribution < -0.4 is 0 Å². The summed E-state index contributed by atoms with van der Waals surface area (Å²) in [6.07, 6.45) is 2.21. The highest BCUT2D eigenvalue weighted by Crippen LogP contribution is 2.39. The second-order valence-electron chi connectivity index (χ2n) is 7.03. The summed E-state index contributed by atoms with van der Waals surface area (Å²) in [4.78, 5) is 28.9. The second kappa shape index (κ2) is 7.80. The Hall–Kier alpha value is -2.86. The van der Waals surface area contributed by atoms with E-state index in [-0.39, 0.29) is 11.3 Å². The van der Waals surface area contributed by atoms with Gasteiger partial charge in [-0.1, -0.05) is 29.8 Å². The molecule has 6 heteroatoms. The van der Waals surface area contributed by atoms with E-state index in [1.54, 1.807) is 24.3 Å². The molecule has 0 spiro atoms. The van der Waals surface area contributed by atoms with Crippen molar-refractivity contribution in [3.05, 3.63) is 65.1 Å². The lowest BCUT2D eigenvalue weighted by Crippen LogP contribution is -2.32. The normalized spacial score (nSPS) is 19.3. The van der Waals surface area contributed by atoms with Gasteiger partial charge in [-0.25, -0.2) is 0 Å². The van der Waals surface area contributed by atoms with Crippen LogP contribution in [-0.2, 0) is 9.59 Å². The van der Waals surface area contributed by atoms with Gasteiger partial charge in [-0.15, -0.1) is 0 Å². The molecule has 2 heterocycles. The van der Waals surface area contributed by atoms with Gasteiger partial charge in [0.25, 0.3) is 11.7 Å². The third kappa shape index (κ3) is 3.80. The highest BCUT2D eigenvalue weighted by Gasteiger charge is 2.47. The molecule has 142 valence electrons. The van der Waals surface area contributed by atoms with Crippen LogP contribution >= 0.6 is 0 Å². The number of ketones is 1. The van der Waals surface area contributed by atoms with Gasteiger partial charge in [-0.3, -0.25) is 9.59 Å². The molecule has 1 aliphatic heterocycles. The number of aliphatic hydroxyl groups is 1. The Kier molecular flexibility index (Phi) is 5.46. The Labute approximate surface area is 158 Å². The number of benzene rings is 1. The zero-order chi connectivity index (χ0) is 19.6. The predicted molar refractivity (Wildman–Crippen MR) is 102 cm³/mol. The minimum Gasteiger partial charge on any atom is -0.507 e. The van der Waals surface area contributed by atoms with E-state index in [0.717, 1.165) is 12.1 Å². The number of likely N-dealkylation sites (tertiary alicyclic amines) is 1. The van der Waals surface area contributed by atoms with Crippen LogP contribution in [0.4, 0.5) is 0 Å². The fourth-order valence-corrected chi connectivity index (χ4v) is 3.28. The molecule has 0 saturated carbocycles. The van der Waals surface area contributed by atoms with E-state index in [0.29, 0.717) is 24.3 Å². The Morgan fingerprint density at radius 1 is 1.19 bits per heavy atom. The summed E-state index contributed by atoms with van der Waals surface area (Å²) in [5.41, 5.74) is 1.62. The van der Waals surface area contributed by atoms with Crippen molar-refractivity contribution in [3.63, 3.8) is 0 Å². The molecule has 1 saturated heterocycles. The molecule has 6 nitrogen and oxygen atoms in total. The maximum absolute atomic E-state index is 12.7. The summed E-state index contributed by atoms with van der Waals surface area (Å²) in [7, 11) is 3.91. The molecule has 0 unspecified atom stereocenters. The molecule has 1 atom stereocenters. The predicted octanol–water partition coefficient (Wildman–Crippen LogP) is 2.96. The molecule has 0 radical (unpaired) electrons. The molecule has 1 aliphatic rings. The Morgan fingerprint density at radius 3 is 2.48 bits per heavy atom. The van der Waals surface area contributed by atoms with Crippen molar-refractivity contribution in [3.8, 4) is 0 Å². The van der Waals surface area contributed by atoms with Crippen LogP contribution in [0.5, 0.6) is 0 Å². The van der Waals surface area contributed by atoms with E-state index in [2.05, 4.69) is 0 Å². The lowest BCUT2D eigenvalue weighted by atomic mass is 9.99. The number of rotatable bonds is 6. The molecule has 1 aromatic heterocycles. The first-order chi connectivity index (χ1) is 12.9. The molecule has 27 heavy (non-hydrogen) atoms. The first-order valence-corrected chi connectivity index (χ1v) is 8.93. The maximum atomic E-state index is 12.7. The summed E-state index contributed by atoms with van der Waals surface area (Å²) in [5, 5.41) is 10.8. The van der Waals surface area contributed by atoms with Gasteiger partial charge < -0.3 is 19.3 Å². The fraction of sp³-hybridized carbons (Fsp3) is 0.333. The van der Waals surface area contributed by atoms with Crippen LogP contribution in [0.1, 0.15) is 29.3 Å². The number of hydrogen-bond acceptors (Lipinski definition) is 5. The van der Waals surface area contributed by atoms with Crippen LogP contribution in [0.3, 0.4) is 0 Å². The number of aliphatic hydroxyl groups excluding tert-OH is 1. The summed E-state index contributed by atoms with van der Waals surface area (Å²) in [6, 6.07) is 9.89. The fourth-order valence-electron chi connectivity index (χ4n) is 3.28.